The topological polar surface area (TPSA) is 75.7 Å². The molecule has 1 fully saturated rings. The van der Waals surface area contributed by atoms with Crippen LogP contribution < -0.4 is 5.32 Å². The lowest BCUT2D eigenvalue weighted by Crippen LogP contribution is -2.48. The largest absolute Gasteiger partial charge is 0.373 e. The van der Waals surface area contributed by atoms with Crippen molar-refractivity contribution in [3.05, 3.63) is 29.8 Å². The molecule has 0 unspecified atom stereocenters. The molecule has 1 saturated heterocycles. The van der Waals surface area contributed by atoms with E-state index in [1.54, 1.807) is 12.1 Å². The van der Waals surface area contributed by atoms with Crippen LogP contribution in [-0.4, -0.2) is 50.0 Å². The van der Waals surface area contributed by atoms with Gasteiger partial charge in [0.2, 0.25) is 10.0 Å². The summed E-state index contributed by atoms with van der Waals surface area (Å²) in [5, 5.41) is 2.97. The first-order chi connectivity index (χ1) is 12.7. The van der Waals surface area contributed by atoms with Gasteiger partial charge in [-0.05, 0) is 51.5 Å². The van der Waals surface area contributed by atoms with Crippen molar-refractivity contribution in [2.45, 2.75) is 76.5 Å². The fourth-order valence-electron chi connectivity index (χ4n) is 3.33. The highest BCUT2D eigenvalue weighted by atomic mass is 32.2. The number of unbranched alkanes of at least 4 members (excludes halogenated alkanes) is 2. The summed E-state index contributed by atoms with van der Waals surface area (Å²) in [7, 11) is -3.59. The van der Waals surface area contributed by atoms with Crippen molar-refractivity contribution in [1.82, 2.24) is 9.62 Å². The number of hydrogen-bond acceptors (Lipinski definition) is 4. The molecular formula is C20H32N2O4S. The third-order valence-electron chi connectivity index (χ3n) is 4.76. The summed E-state index contributed by atoms with van der Waals surface area (Å²) in [6.45, 7) is 8.55. The van der Waals surface area contributed by atoms with Crippen LogP contribution in [0, 0.1) is 0 Å². The van der Waals surface area contributed by atoms with E-state index in [1.807, 2.05) is 20.8 Å². The van der Waals surface area contributed by atoms with Crippen LogP contribution in [-0.2, 0) is 14.8 Å². The van der Waals surface area contributed by atoms with Crippen molar-refractivity contribution >= 4 is 15.9 Å². The van der Waals surface area contributed by atoms with Gasteiger partial charge in [0.1, 0.15) is 0 Å². The molecule has 27 heavy (non-hydrogen) atoms. The summed E-state index contributed by atoms with van der Waals surface area (Å²) in [5.74, 6) is -0.170. The lowest BCUT2D eigenvalue weighted by molar-refractivity contribution is -0.0440. The molecule has 3 atom stereocenters. The number of sulfonamides is 1. The summed E-state index contributed by atoms with van der Waals surface area (Å²) in [6.07, 6.45) is 4.07. The highest BCUT2D eigenvalue weighted by molar-refractivity contribution is 7.89. The fourth-order valence-corrected chi connectivity index (χ4v) is 4.92. The molecule has 1 heterocycles. The van der Waals surface area contributed by atoms with Crippen LogP contribution in [0.5, 0.6) is 0 Å². The van der Waals surface area contributed by atoms with Gasteiger partial charge in [-0.1, -0.05) is 26.2 Å². The van der Waals surface area contributed by atoms with E-state index in [0.717, 1.165) is 25.7 Å². The Kier molecular flexibility index (Phi) is 7.82. The SMILES string of the molecule is CCCCC[C@H](C)NC(=O)c1ccc(S(=O)(=O)N2C[C@@H](C)O[C@H](C)C2)cc1. The second kappa shape index (κ2) is 9.66. The van der Waals surface area contributed by atoms with Gasteiger partial charge in [-0.3, -0.25) is 4.79 Å². The molecule has 1 aliphatic heterocycles. The molecule has 1 aliphatic rings. The van der Waals surface area contributed by atoms with Crippen molar-refractivity contribution in [2.75, 3.05) is 13.1 Å². The second-order valence-electron chi connectivity index (χ2n) is 7.47. The molecule has 152 valence electrons. The van der Waals surface area contributed by atoms with Crippen LogP contribution in [0.15, 0.2) is 29.2 Å². The van der Waals surface area contributed by atoms with E-state index >= 15 is 0 Å². The Morgan fingerprint density at radius 2 is 1.78 bits per heavy atom. The van der Waals surface area contributed by atoms with Crippen molar-refractivity contribution in [3.8, 4) is 0 Å². The number of ether oxygens (including phenoxy) is 1. The minimum Gasteiger partial charge on any atom is -0.373 e. The van der Waals surface area contributed by atoms with E-state index < -0.39 is 10.0 Å². The summed E-state index contributed by atoms with van der Waals surface area (Å²) < 4.78 is 32.8. The average molecular weight is 397 g/mol. The maximum atomic E-state index is 12.9. The summed E-state index contributed by atoms with van der Waals surface area (Å²) in [6, 6.07) is 6.28. The number of amides is 1. The fraction of sp³-hybridized carbons (Fsp3) is 0.650. The van der Waals surface area contributed by atoms with Crippen LogP contribution in [0.25, 0.3) is 0 Å². The number of morpholine rings is 1. The predicted molar refractivity (Wildman–Crippen MR) is 106 cm³/mol. The van der Waals surface area contributed by atoms with Gasteiger partial charge in [-0.25, -0.2) is 8.42 Å². The van der Waals surface area contributed by atoms with Gasteiger partial charge in [0, 0.05) is 24.7 Å². The van der Waals surface area contributed by atoms with Crippen LogP contribution in [0.1, 0.15) is 63.7 Å². The molecule has 0 aromatic heterocycles. The van der Waals surface area contributed by atoms with Crippen LogP contribution in [0.2, 0.25) is 0 Å². The number of nitrogens with one attached hydrogen (secondary N) is 1. The number of benzene rings is 1. The van der Waals surface area contributed by atoms with Gasteiger partial charge in [0.25, 0.3) is 5.91 Å². The van der Waals surface area contributed by atoms with Crippen molar-refractivity contribution in [1.29, 1.82) is 0 Å². The van der Waals surface area contributed by atoms with E-state index in [2.05, 4.69) is 12.2 Å². The maximum Gasteiger partial charge on any atom is 0.251 e. The highest BCUT2D eigenvalue weighted by Gasteiger charge is 2.32. The van der Waals surface area contributed by atoms with E-state index in [4.69, 9.17) is 4.74 Å². The smallest absolute Gasteiger partial charge is 0.251 e. The number of rotatable bonds is 8. The standard InChI is InChI=1S/C20H32N2O4S/c1-5-6-7-8-15(2)21-20(23)18-9-11-19(12-10-18)27(24,25)22-13-16(3)26-17(4)14-22/h9-12,15-17H,5-8,13-14H2,1-4H3,(H,21,23)/t15-,16+,17+/m0/s1. The number of carbonyl (C=O) groups excluding carboxylic acids is 1. The first kappa shape index (κ1) is 21.9. The Labute approximate surface area is 163 Å². The van der Waals surface area contributed by atoms with Gasteiger partial charge < -0.3 is 10.1 Å². The molecule has 1 N–H and O–H groups in total. The molecular weight excluding hydrogens is 364 g/mol. The van der Waals surface area contributed by atoms with E-state index in [9.17, 15) is 13.2 Å². The molecule has 6 nitrogen and oxygen atoms in total. The molecule has 1 aromatic carbocycles. The Morgan fingerprint density at radius 3 is 2.33 bits per heavy atom. The summed E-state index contributed by atoms with van der Waals surface area (Å²) in [4.78, 5) is 12.6. The Balaban J connectivity index is 2.02. The molecule has 2 rings (SSSR count). The monoisotopic (exact) mass is 396 g/mol. The molecule has 1 aromatic rings. The van der Waals surface area contributed by atoms with Crippen LogP contribution >= 0.6 is 0 Å². The molecule has 0 spiro atoms. The van der Waals surface area contributed by atoms with Crippen LogP contribution in [0.3, 0.4) is 0 Å². The Morgan fingerprint density at radius 1 is 1.19 bits per heavy atom. The summed E-state index contributed by atoms with van der Waals surface area (Å²) >= 11 is 0. The quantitative estimate of drug-likeness (QED) is 0.685. The lowest BCUT2D eigenvalue weighted by Gasteiger charge is -2.34. The maximum absolute atomic E-state index is 12.9. The third-order valence-corrected chi connectivity index (χ3v) is 6.60. The lowest BCUT2D eigenvalue weighted by atomic mass is 10.1. The highest BCUT2D eigenvalue weighted by Crippen LogP contribution is 2.21. The molecule has 7 heteroatoms. The summed E-state index contributed by atoms with van der Waals surface area (Å²) in [5.41, 5.74) is 0.472. The van der Waals surface area contributed by atoms with Gasteiger partial charge >= 0.3 is 0 Å². The Hall–Kier alpha value is -1.44. The normalized spacial score (nSPS) is 22.4. The van der Waals surface area contributed by atoms with Crippen molar-refractivity contribution < 1.29 is 17.9 Å². The van der Waals surface area contributed by atoms with Gasteiger partial charge in [-0.2, -0.15) is 4.31 Å². The van der Waals surface area contributed by atoms with Gasteiger partial charge in [0.15, 0.2) is 0 Å². The van der Waals surface area contributed by atoms with Crippen molar-refractivity contribution in [3.63, 3.8) is 0 Å². The molecule has 0 bridgehead atoms. The van der Waals surface area contributed by atoms with E-state index in [-0.39, 0.29) is 29.1 Å². The first-order valence-corrected chi connectivity index (χ1v) is 11.2. The molecule has 0 saturated carbocycles. The number of carbonyl (C=O) groups is 1. The van der Waals surface area contributed by atoms with E-state index in [0.29, 0.717) is 18.7 Å². The molecule has 0 aliphatic carbocycles. The Bertz CT molecular complexity index is 708. The van der Waals surface area contributed by atoms with Gasteiger partial charge in [0.05, 0.1) is 17.1 Å². The molecule has 0 radical (unpaired) electrons. The van der Waals surface area contributed by atoms with E-state index in [1.165, 1.54) is 16.4 Å². The third kappa shape index (κ3) is 6.02. The number of hydrogen-bond donors (Lipinski definition) is 1. The minimum absolute atomic E-state index is 0.101. The zero-order valence-electron chi connectivity index (χ0n) is 16.8. The number of nitrogens with zero attached hydrogens (tertiary/aromatic N) is 1. The van der Waals surface area contributed by atoms with Crippen LogP contribution in [0.4, 0.5) is 0 Å². The van der Waals surface area contributed by atoms with Gasteiger partial charge in [-0.15, -0.1) is 0 Å². The zero-order valence-corrected chi connectivity index (χ0v) is 17.6. The predicted octanol–water partition coefficient (Wildman–Crippen LogP) is 3.18. The zero-order chi connectivity index (χ0) is 20.0. The first-order valence-electron chi connectivity index (χ1n) is 9.80. The second-order valence-corrected chi connectivity index (χ2v) is 9.41. The minimum atomic E-state index is -3.59. The molecule has 1 amide bonds. The van der Waals surface area contributed by atoms with Crippen molar-refractivity contribution in [2.24, 2.45) is 0 Å². The average Bonchev–Trinajstić information content (AvgIpc) is 2.61.